The van der Waals surface area contributed by atoms with Gasteiger partial charge in [-0.25, -0.2) is 0 Å². The Morgan fingerprint density at radius 3 is 2.42 bits per heavy atom. The van der Waals surface area contributed by atoms with Gasteiger partial charge in [0.25, 0.3) is 0 Å². The van der Waals surface area contributed by atoms with Crippen LogP contribution in [0.1, 0.15) is 36.3 Å². The zero-order chi connectivity index (χ0) is 18.4. The van der Waals surface area contributed by atoms with Gasteiger partial charge in [0.15, 0.2) is 0 Å². The molecule has 26 heavy (non-hydrogen) atoms. The van der Waals surface area contributed by atoms with Crippen LogP contribution in [0, 0.1) is 5.92 Å². The summed E-state index contributed by atoms with van der Waals surface area (Å²) in [5, 5.41) is 0.716. The summed E-state index contributed by atoms with van der Waals surface area (Å²) in [4.78, 5) is 15.0. The van der Waals surface area contributed by atoms with Crippen LogP contribution in [0.15, 0.2) is 54.6 Å². The van der Waals surface area contributed by atoms with Crippen LogP contribution in [0.25, 0.3) is 0 Å². The molecule has 1 aliphatic rings. The molecule has 4 heteroatoms. The van der Waals surface area contributed by atoms with Crippen LogP contribution < -0.4 is 0 Å². The van der Waals surface area contributed by atoms with Gasteiger partial charge in [0.2, 0.25) is 5.91 Å². The molecule has 138 valence electrons. The summed E-state index contributed by atoms with van der Waals surface area (Å²) < 4.78 is 5.25. The predicted octanol–water partition coefficient (Wildman–Crippen LogP) is 4.75. The molecule has 2 aromatic carbocycles. The number of rotatable bonds is 6. The minimum absolute atomic E-state index is 0.0194. The first-order chi connectivity index (χ1) is 12.7. The summed E-state index contributed by atoms with van der Waals surface area (Å²) in [7, 11) is 1.74. The molecule has 0 bridgehead atoms. The van der Waals surface area contributed by atoms with Crippen LogP contribution in [-0.2, 0) is 9.53 Å². The third-order valence-corrected chi connectivity index (χ3v) is 5.58. The first-order valence-electron chi connectivity index (χ1n) is 9.25. The topological polar surface area (TPSA) is 29.5 Å². The molecule has 1 aliphatic heterocycles. The van der Waals surface area contributed by atoms with E-state index in [1.807, 2.05) is 47.4 Å². The largest absolute Gasteiger partial charge is 0.384 e. The van der Waals surface area contributed by atoms with E-state index in [9.17, 15) is 4.79 Å². The summed E-state index contributed by atoms with van der Waals surface area (Å²) in [6, 6.07) is 18.0. The quantitative estimate of drug-likeness (QED) is 0.733. The van der Waals surface area contributed by atoms with E-state index in [0.29, 0.717) is 17.4 Å². The number of likely N-dealkylation sites (tertiary alicyclic amines) is 1. The van der Waals surface area contributed by atoms with Crippen LogP contribution >= 0.6 is 11.6 Å². The molecule has 3 nitrogen and oxygen atoms in total. The number of carbonyl (C=O) groups is 1. The average Bonchev–Trinajstić information content (AvgIpc) is 2.68. The number of nitrogens with zero attached hydrogens (tertiary/aromatic N) is 1. The van der Waals surface area contributed by atoms with E-state index < -0.39 is 0 Å². The fourth-order valence-corrected chi connectivity index (χ4v) is 4.01. The third-order valence-electron chi connectivity index (χ3n) is 5.23. The van der Waals surface area contributed by atoms with Crippen molar-refractivity contribution in [3.05, 3.63) is 70.7 Å². The lowest BCUT2D eigenvalue weighted by Gasteiger charge is -2.33. The maximum absolute atomic E-state index is 13.0. The molecule has 1 heterocycles. The standard InChI is InChI=1S/C22H26ClNO2/c1-26-16-17-11-13-24(14-12-17)22(25)15-20(18-7-3-2-4-8-18)19-9-5-6-10-21(19)23/h2-10,17,20H,11-16H2,1H3. The van der Waals surface area contributed by atoms with Crippen LogP contribution in [0.2, 0.25) is 5.02 Å². The number of carbonyl (C=O) groups excluding carboxylic acids is 1. The van der Waals surface area contributed by atoms with Gasteiger partial charge < -0.3 is 9.64 Å². The Morgan fingerprint density at radius 1 is 1.12 bits per heavy atom. The molecule has 0 saturated carbocycles. The number of amides is 1. The summed E-state index contributed by atoms with van der Waals surface area (Å²) in [5.41, 5.74) is 2.14. The first kappa shape index (κ1) is 18.9. The van der Waals surface area contributed by atoms with Crippen molar-refractivity contribution in [1.82, 2.24) is 4.90 Å². The zero-order valence-electron chi connectivity index (χ0n) is 15.2. The molecular weight excluding hydrogens is 346 g/mol. The third kappa shape index (κ3) is 4.66. The molecule has 3 rings (SSSR count). The van der Waals surface area contributed by atoms with Crippen LogP contribution in [0.3, 0.4) is 0 Å². The minimum Gasteiger partial charge on any atom is -0.384 e. The van der Waals surface area contributed by atoms with Crippen molar-refractivity contribution in [3.8, 4) is 0 Å². The molecule has 1 fully saturated rings. The molecular formula is C22H26ClNO2. The fraction of sp³-hybridized carbons (Fsp3) is 0.409. The van der Waals surface area contributed by atoms with Gasteiger partial charge >= 0.3 is 0 Å². The molecule has 0 radical (unpaired) electrons. The summed E-state index contributed by atoms with van der Waals surface area (Å²) in [5.74, 6) is 0.751. The Hall–Kier alpha value is -1.84. The van der Waals surface area contributed by atoms with Crippen molar-refractivity contribution in [2.24, 2.45) is 5.92 Å². The normalized spacial score (nSPS) is 16.5. The minimum atomic E-state index is -0.0194. The Balaban J connectivity index is 1.74. The second-order valence-electron chi connectivity index (χ2n) is 6.97. The average molecular weight is 372 g/mol. The van der Waals surface area contributed by atoms with Crippen molar-refractivity contribution in [2.75, 3.05) is 26.8 Å². The van der Waals surface area contributed by atoms with Gasteiger partial charge in [0, 0.05) is 44.2 Å². The van der Waals surface area contributed by atoms with Crippen molar-refractivity contribution in [1.29, 1.82) is 0 Å². The smallest absolute Gasteiger partial charge is 0.223 e. The van der Waals surface area contributed by atoms with E-state index in [-0.39, 0.29) is 11.8 Å². The first-order valence-corrected chi connectivity index (χ1v) is 9.63. The van der Waals surface area contributed by atoms with E-state index >= 15 is 0 Å². The molecule has 0 spiro atoms. The van der Waals surface area contributed by atoms with E-state index in [2.05, 4.69) is 12.1 Å². The summed E-state index contributed by atoms with van der Waals surface area (Å²) in [6.45, 7) is 2.42. The lowest BCUT2D eigenvalue weighted by Crippen LogP contribution is -2.40. The maximum atomic E-state index is 13.0. The Bertz CT molecular complexity index is 711. The van der Waals surface area contributed by atoms with Crippen molar-refractivity contribution in [3.63, 3.8) is 0 Å². The lowest BCUT2D eigenvalue weighted by atomic mass is 9.87. The maximum Gasteiger partial charge on any atom is 0.223 e. The van der Waals surface area contributed by atoms with Gasteiger partial charge in [0.05, 0.1) is 0 Å². The highest BCUT2D eigenvalue weighted by molar-refractivity contribution is 6.31. The molecule has 0 aliphatic carbocycles. The van der Waals surface area contributed by atoms with Crippen molar-refractivity contribution >= 4 is 17.5 Å². The number of halogens is 1. The Morgan fingerprint density at radius 2 is 1.77 bits per heavy atom. The van der Waals surface area contributed by atoms with E-state index in [1.165, 1.54) is 0 Å². The molecule has 1 unspecified atom stereocenters. The summed E-state index contributed by atoms with van der Waals surface area (Å²) >= 11 is 6.45. The van der Waals surface area contributed by atoms with Crippen LogP contribution in [-0.4, -0.2) is 37.6 Å². The molecule has 0 aromatic heterocycles. The Labute approximate surface area is 160 Å². The second kappa shape index (κ2) is 9.20. The molecule has 1 atom stereocenters. The summed E-state index contributed by atoms with van der Waals surface area (Å²) in [6.07, 6.45) is 2.48. The number of piperidine rings is 1. The lowest BCUT2D eigenvalue weighted by molar-refractivity contribution is -0.133. The highest BCUT2D eigenvalue weighted by atomic mass is 35.5. The van der Waals surface area contributed by atoms with Gasteiger partial charge in [0.1, 0.15) is 0 Å². The number of hydrogen-bond donors (Lipinski definition) is 0. The number of ether oxygens (including phenoxy) is 1. The van der Waals surface area contributed by atoms with Gasteiger partial charge in [-0.2, -0.15) is 0 Å². The molecule has 2 aromatic rings. The van der Waals surface area contributed by atoms with Crippen molar-refractivity contribution in [2.45, 2.75) is 25.2 Å². The SMILES string of the molecule is COCC1CCN(C(=O)CC(c2ccccc2)c2ccccc2Cl)CC1. The number of benzene rings is 2. The van der Waals surface area contributed by atoms with Crippen LogP contribution in [0.4, 0.5) is 0 Å². The van der Waals surface area contributed by atoms with Gasteiger partial charge in [-0.05, 0) is 36.0 Å². The number of methoxy groups -OCH3 is 1. The fourth-order valence-electron chi connectivity index (χ4n) is 3.74. The van der Waals surface area contributed by atoms with Gasteiger partial charge in [-0.15, -0.1) is 0 Å². The van der Waals surface area contributed by atoms with Crippen LogP contribution in [0.5, 0.6) is 0 Å². The number of hydrogen-bond acceptors (Lipinski definition) is 2. The monoisotopic (exact) mass is 371 g/mol. The molecule has 0 N–H and O–H groups in total. The van der Waals surface area contributed by atoms with Gasteiger partial charge in [-0.3, -0.25) is 4.79 Å². The van der Waals surface area contributed by atoms with Crippen molar-refractivity contribution < 1.29 is 9.53 Å². The molecule has 1 saturated heterocycles. The predicted molar refractivity (Wildman–Crippen MR) is 106 cm³/mol. The second-order valence-corrected chi connectivity index (χ2v) is 7.38. The Kier molecular flexibility index (Phi) is 6.70. The van der Waals surface area contributed by atoms with Gasteiger partial charge in [-0.1, -0.05) is 60.1 Å². The van der Waals surface area contributed by atoms with E-state index in [4.69, 9.17) is 16.3 Å². The highest BCUT2D eigenvalue weighted by Gasteiger charge is 2.26. The van der Waals surface area contributed by atoms with E-state index in [1.54, 1.807) is 7.11 Å². The zero-order valence-corrected chi connectivity index (χ0v) is 16.0. The van der Waals surface area contributed by atoms with E-state index in [0.717, 1.165) is 43.7 Å². The molecule has 1 amide bonds. The highest BCUT2D eigenvalue weighted by Crippen LogP contribution is 2.33.